The number of aliphatic hydroxyl groups excluding tert-OH is 1. The van der Waals surface area contributed by atoms with Crippen molar-refractivity contribution in [3.8, 4) is 0 Å². The van der Waals surface area contributed by atoms with Gasteiger partial charge in [-0.15, -0.1) is 0 Å². The Kier molecular flexibility index (Phi) is 4.71. The van der Waals surface area contributed by atoms with E-state index < -0.39 is 0 Å². The van der Waals surface area contributed by atoms with Crippen LogP contribution in [0.2, 0.25) is 5.15 Å². The summed E-state index contributed by atoms with van der Waals surface area (Å²) in [6, 6.07) is 3.23. The van der Waals surface area contributed by atoms with Gasteiger partial charge in [-0.25, -0.2) is 4.98 Å². The fraction of sp³-hybridized carbons (Fsp3) is 0.455. The number of carbonyl (C=O) groups is 1. The van der Waals surface area contributed by atoms with E-state index in [1.165, 1.54) is 6.07 Å². The Labute approximate surface area is 99.6 Å². The lowest BCUT2D eigenvalue weighted by Gasteiger charge is -2.08. The molecule has 5 heteroatoms. The van der Waals surface area contributed by atoms with Gasteiger partial charge in [0.05, 0.1) is 6.61 Å². The van der Waals surface area contributed by atoms with Crippen LogP contribution in [-0.2, 0) is 0 Å². The van der Waals surface area contributed by atoms with Gasteiger partial charge in [0.2, 0.25) is 0 Å². The van der Waals surface area contributed by atoms with Crippen LogP contribution in [0.1, 0.15) is 35.8 Å². The molecule has 4 nitrogen and oxygen atoms in total. The molecule has 88 valence electrons. The third kappa shape index (κ3) is 3.47. The van der Waals surface area contributed by atoms with Gasteiger partial charge < -0.3 is 10.4 Å². The normalized spacial score (nSPS) is 10.6. The van der Waals surface area contributed by atoms with Crippen LogP contribution in [-0.4, -0.2) is 29.1 Å². The number of aromatic nitrogens is 1. The maximum atomic E-state index is 11.6. The molecule has 0 aliphatic carbocycles. The summed E-state index contributed by atoms with van der Waals surface area (Å²) in [4.78, 5) is 15.8. The Morgan fingerprint density at radius 1 is 1.56 bits per heavy atom. The van der Waals surface area contributed by atoms with Gasteiger partial charge in [-0.2, -0.15) is 0 Å². The SMILES string of the molecule is CC(C)c1cc(C(=O)NCCO)cc(Cl)n1. The highest BCUT2D eigenvalue weighted by atomic mass is 35.5. The Balaban J connectivity index is 2.91. The van der Waals surface area contributed by atoms with Gasteiger partial charge in [0.15, 0.2) is 0 Å². The fourth-order valence-corrected chi connectivity index (χ4v) is 1.43. The van der Waals surface area contributed by atoms with Crippen molar-refractivity contribution in [3.63, 3.8) is 0 Å². The Hall–Kier alpha value is -1.13. The molecule has 1 heterocycles. The highest BCUT2D eigenvalue weighted by molar-refractivity contribution is 6.29. The minimum atomic E-state index is -0.250. The minimum Gasteiger partial charge on any atom is -0.395 e. The molecule has 1 amide bonds. The van der Waals surface area contributed by atoms with Gasteiger partial charge >= 0.3 is 0 Å². The molecule has 0 aliphatic rings. The third-order valence-corrected chi connectivity index (χ3v) is 2.26. The second-order valence-corrected chi connectivity index (χ2v) is 4.12. The molecule has 1 aromatic heterocycles. The van der Waals surface area contributed by atoms with Gasteiger partial charge in [-0.05, 0) is 18.1 Å². The largest absolute Gasteiger partial charge is 0.395 e. The molecule has 16 heavy (non-hydrogen) atoms. The summed E-state index contributed by atoms with van der Waals surface area (Å²) in [6.45, 7) is 4.11. The molecule has 0 saturated heterocycles. The van der Waals surface area contributed by atoms with Crippen molar-refractivity contribution in [1.82, 2.24) is 10.3 Å². The molecular formula is C11H15ClN2O2. The van der Waals surface area contributed by atoms with Gasteiger partial charge in [0, 0.05) is 17.8 Å². The number of hydrogen-bond acceptors (Lipinski definition) is 3. The predicted octanol–water partition coefficient (Wildman–Crippen LogP) is 1.58. The highest BCUT2D eigenvalue weighted by Gasteiger charge is 2.10. The van der Waals surface area contributed by atoms with Gasteiger partial charge in [-0.1, -0.05) is 25.4 Å². The first-order valence-corrected chi connectivity index (χ1v) is 5.49. The molecule has 0 aliphatic heterocycles. The zero-order chi connectivity index (χ0) is 12.1. The fourth-order valence-electron chi connectivity index (χ4n) is 1.22. The van der Waals surface area contributed by atoms with Crippen molar-refractivity contribution in [3.05, 3.63) is 28.5 Å². The molecule has 0 fully saturated rings. The van der Waals surface area contributed by atoms with Crippen molar-refractivity contribution >= 4 is 17.5 Å². The zero-order valence-electron chi connectivity index (χ0n) is 9.33. The first-order chi connectivity index (χ1) is 7.54. The zero-order valence-corrected chi connectivity index (χ0v) is 10.1. The minimum absolute atomic E-state index is 0.0818. The summed E-state index contributed by atoms with van der Waals surface area (Å²) in [7, 11) is 0. The van der Waals surface area contributed by atoms with Crippen LogP contribution in [0, 0.1) is 0 Å². The average Bonchev–Trinajstić information content (AvgIpc) is 2.24. The lowest BCUT2D eigenvalue weighted by Crippen LogP contribution is -2.26. The number of rotatable bonds is 4. The van der Waals surface area contributed by atoms with Crippen molar-refractivity contribution in [2.24, 2.45) is 0 Å². The van der Waals surface area contributed by atoms with Crippen LogP contribution < -0.4 is 5.32 Å². The first kappa shape index (κ1) is 12.9. The molecular weight excluding hydrogens is 228 g/mol. The second-order valence-electron chi connectivity index (χ2n) is 3.74. The van der Waals surface area contributed by atoms with Crippen LogP contribution >= 0.6 is 11.6 Å². The summed E-state index contributed by atoms with van der Waals surface area (Å²) >= 11 is 5.83. The van der Waals surface area contributed by atoms with Crippen LogP contribution in [0.4, 0.5) is 0 Å². The van der Waals surface area contributed by atoms with Crippen LogP contribution in [0.3, 0.4) is 0 Å². The molecule has 0 bridgehead atoms. The number of halogens is 1. The first-order valence-electron chi connectivity index (χ1n) is 5.11. The summed E-state index contributed by atoms with van der Waals surface area (Å²) in [5.74, 6) is -0.0386. The molecule has 0 saturated carbocycles. The van der Waals surface area contributed by atoms with E-state index in [4.69, 9.17) is 16.7 Å². The maximum absolute atomic E-state index is 11.6. The average molecular weight is 243 g/mol. The van der Waals surface area contributed by atoms with E-state index in [0.29, 0.717) is 10.7 Å². The van der Waals surface area contributed by atoms with Crippen LogP contribution in [0.25, 0.3) is 0 Å². The number of nitrogens with zero attached hydrogens (tertiary/aromatic N) is 1. The number of aliphatic hydroxyl groups is 1. The second kappa shape index (κ2) is 5.82. The number of carbonyl (C=O) groups excluding carboxylic acids is 1. The van der Waals surface area contributed by atoms with E-state index in [1.807, 2.05) is 13.8 Å². The lowest BCUT2D eigenvalue weighted by molar-refractivity contribution is 0.0944. The molecule has 1 rings (SSSR count). The quantitative estimate of drug-likeness (QED) is 0.788. The maximum Gasteiger partial charge on any atom is 0.251 e. The van der Waals surface area contributed by atoms with E-state index in [2.05, 4.69) is 10.3 Å². The third-order valence-electron chi connectivity index (χ3n) is 2.06. The van der Waals surface area contributed by atoms with E-state index in [0.717, 1.165) is 5.69 Å². The molecule has 0 radical (unpaired) electrons. The Morgan fingerprint density at radius 3 is 2.81 bits per heavy atom. The molecule has 0 spiro atoms. The van der Waals surface area contributed by atoms with E-state index >= 15 is 0 Å². The Morgan fingerprint density at radius 2 is 2.25 bits per heavy atom. The molecule has 0 aromatic carbocycles. The summed E-state index contributed by atoms with van der Waals surface area (Å²) in [5.41, 5.74) is 1.25. The molecule has 0 unspecified atom stereocenters. The summed E-state index contributed by atoms with van der Waals surface area (Å²) < 4.78 is 0. The van der Waals surface area contributed by atoms with E-state index in [9.17, 15) is 4.79 Å². The number of pyridine rings is 1. The highest BCUT2D eigenvalue weighted by Crippen LogP contribution is 2.17. The van der Waals surface area contributed by atoms with Crippen molar-refractivity contribution in [2.45, 2.75) is 19.8 Å². The molecule has 2 N–H and O–H groups in total. The number of amides is 1. The van der Waals surface area contributed by atoms with E-state index in [1.54, 1.807) is 6.07 Å². The number of nitrogens with one attached hydrogen (secondary N) is 1. The molecule has 0 atom stereocenters. The van der Waals surface area contributed by atoms with Crippen LogP contribution in [0.15, 0.2) is 12.1 Å². The summed E-state index contributed by atoms with van der Waals surface area (Å²) in [5, 5.41) is 11.5. The van der Waals surface area contributed by atoms with Gasteiger partial charge in [0.25, 0.3) is 5.91 Å². The van der Waals surface area contributed by atoms with Crippen molar-refractivity contribution in [2.75, 3.05) is 13.2 Å². The molecule has 1 aromatic rings. The Bertz CT molecular complexity index is 380. The van der Waals surface area contributed by atoms with E-state index in [-0.39, 0.29) is 25.0 Å². The topological polar surface area (TPSA) is 62.2 Å². The van der Waals surface area contributed by atoms with Crippen molar-refractivity contribution in [1.29, 1.82) is 0 Å². The predicted molar refractivity (Wildman–Crippen MR) is 62.8 cm³/mol. The van der Waals surface area contributed by atoms with Crippen molar-refractivity contribution < 1.29 is 9.90 Å². The lowest BCUT2D eigenvalue weighted by atomic mass is 10.1. The monoisotopic (exact) mass is 242 g/mol. The standard InChI is InChI=1S/C11H15ClN2O2/c1-7(2)9-5-8(6-10(12)14-9)11(16)13-3-4-15/h5-7,15H,3-4H2,1-2H3,(H,13,16). The van der Waals surface area contributed by atoms with Gasteiger partial charge in [-0.3, -0.25) is 4.79 Å². The summed E-state index contributed by atoms with van der Waals surface area (Å²) in [6.07, 6.45) is 0. The smallest absolute Gasteiger partial charge is 0.251 e. The van der Waals surface area contributed by atoms with Crippen LogP contribution in [0.5, 0.6) is 0 Å². The van der Waals surface area contributed by atoms with Gasteiger partial charge in [0.1, 0.15) is 5.15 Å². The number of hydrogen-bond donors (Lipinski definition) is 2.